The number of methoxy groups -OCH3 is 1. The maximum absolute atomic E-state index is 12.1. The van der Waals surface area contributed by atoms with Crippen molar-refractivity contribution >= 4 is 23.3 Å². The first-order valence-electron chi connectivity index (χ1n) is 9.51. The highest BCUT2D eigenvalue weighted by Gasteiger charge is 2.26. The molecule has 0 aliphatic carbocycles. The summed E-state index contributed by atoms with van der Waals surface area (Å²) in [6, 6.07) is 9.61. The van der Waals surface area contributed by atoms with Gasteiger partial charge in [0.15, 0.2) is 5.69 Å². The summed E-state index contributed by atoms with van der Waals surface area (Å²) in [4.78, 5) is 26.2. The lowest BCUT2D eigenvalue weighted by molar-refractivity contribution is -0.148. The van der Waals surface area contributed by atoms with Gasteiger partial charge in [-0.25, -0.2) is 4.79 Å². The molecule has 1 aromatic heterocycles. The van der Waals surface area contributed by atoms with E-state index in [-0.39, 0.29) is 28.8 Å². The number of aromatic nitrogens is 1. The van der Waals surface area contributed by atoms with Crippen LogP contribution in [0.5, 0.6) is 0 Å². The molecule has 1 aliphatic rings. The van der Waals surface area contributed by atoms with Crippen molar-refractivity contribution in [1.29, 1.82) is 5.26 Å². The van der Waals surface area contributed by atoms with Crippen LogP contribution in [0.1, 0.15) is 35.8 Å². The summed E-state index contributed by atoms with van der Waals surface area (Å²) >= 11 is 0. The molecule has 8 nitrogen and oxygen atoms in total. The molecule has 0 amide bonds. The van der Waals surface area contributed by atoms with Crippen molar-refractivity contribution in [2.45, 2.75) is 19.8 Å². The Morgan fingerprint density at radius 1 is 1.21 bits per heavy atom. The van der Waals surface area contributed by atoms with Crippen LogP contribution in [-0.4, -0.2) is 43.3 Å². The van der Waals surface area contributed by atoms with Crippen LogP contribution in [0.4, 0.5) is 11.4 Å². The Morgan fingerprint density at radius 3 is 2.38 bits per heavy atom. The molecule has 152 valence electrons. The molecule has 1 fully saturated rings. The molecule has 0 radical (unpaired) electrons. The van der Waals surface area contributed by atoms with E-state index < -0.39 is 5.97 Å². The van der Waals surface area contributed by atoms with E-state index in [9.17, 15) is 14.9 Å². The van der Waals surface area contributed by atoms with Crippen molar-refractivity contribution in [3.8, 4) is 11.8 Å². The predicted molar refractivity (Wildman–Crippen MR) is 108 cm³/mol. The lowest BCUT2D eigenvalue weighted by atomic mass is 9.96. The van der Waals surface area contributed by atoms with Gasteiger partial charge in [-0.3, -0.25) is 4.79 Å². The maximum Gasteiger partial charge on any atom is 0.357 e. The number of anilines is 2. The minimum absolute atomic E-state index is 0.0414. The zero-order valence-electron chi connectivity index (χ0n) is 16.6. The van der Waals surface area contributed by atoms with Crippen LogP contribution in [-0.2, 0) is 14.3 Å². The van der Waals surface area contributed by atoms with Gasteiger partial charge >= 0.3 is 11.9 Å². The minimum atomic E-state index is -0.603. The first kappa shape index (κ1) is 20.3. The van der Waals surface area contributed by atoms with Crippen LogP contribution < -0.4 is 10.6 Å². The second-order valence-electron chi connectivity index (χ2n) is 6.81. The lowest BCUT2D eigenvalue weighted by Crippen LogP contribution is -2.36. The summed E-state index contributed by atoms with van der Waals surface area (Å²) in [6.07, 6.45) is 3.04. The van der Waals surface area contributed by atoms with Crippen LogP contribution >= 0.6 is 0 Å². The fourth-order valence-corrected chi connectivity index (χ4v) is 3.58. The molecule has 0 bridgehead atoms. The van der Waals surface area contributed by atoms with Gasteiger partial charge in [-0.05, 0) is 44.0 Å². The molecular formula is C21H24N4O4. The van der Waals surface area contributed by atoms with Crippen molar-refractivity contribution in [2.24, 2.45) is 5.92 Å². The number of rotatable bonds is 5. The zero-order chi connectivity index (χ0) is 21.0. The standard InChI is InChI=1S/C21H24N4O4/c1-3-29-20(26)14-8-10-24(11-9-14)16-4-6-17(7-5-16)25-13-15(12-22)18(23)19(25)21(27)28-2/h4-7,13-14H,3,8-11,23H2,1-2H3. The molecule has 1 aromatic carbocycles. The van der Waals surface area contributed by atoms with E-state index in [4.69, 9.17) is 15.2 Å². The van der Waals surface area contributed by atoms with Gasteiger partial charge in [0.25, 0.3) is 0 Å². The molecule has 29 heavy (non-hydrogen) atoms. The summed E-state index contributed by atoms with van der Waals surface area (Å²) in [7, 11) is 1.27. The molecule has 1 aliphatic heterocycles. The number of nitrogens with zero attached hydrogens (tertiary/aromatic N) is 3. The first-order valence-corrected chi connectivity index (χ1v) is 9.51. The quantitative estimate of drug-likeness (QED) is 0.773. The number of hydrogen-bond acceptors (Lipinski definition) is 7. The topological polar surface area (TPSA) is 111 Å². The highest BCUT2D eigenvalue weighted by Crippen LogP contribution is 2.28. The van der Waals surface area contributed by atoms with E-state index in [1.54, 1.807) is 4.57 Å². The summed E-state index contributed by atoms with van der Waals surface area (Å²) in [5, 5.41) is 9.23. The molecule has 8 heteroatoms. The normalized spacial score (nSPS) is 14.3. The fraction of sp³-hybridized carbons (Fsp3) is 0.381. The number of nitriles is 1. The van der Waals surface area contributed by atoms with Gasteiger partial charge in [0.1, 0.15) is 6.07 Å². The van der Waals surface area contributed by atoms with Crippen molar-refractivity contribution in [3.63, 3.8) is 0 Å². The number of nitrogens with two attached hydrogens (primary N) is 1. The number of piperidine rings is 1. The van der Waals surface area contributed by atoms with Gasteiger partial charge in [-0.1, -0.05) is 0 Å². The molecule has 0 atom stereocenters. The highest BCUT2D eigenvalue weighted by atomic mass is 16.5. The zero-order valence-corrected chi connectivity index (χ0v) is 16.6. The average molecular weight is 396 g/mol. The Bertz CT molecular complexity index is 935. The Kier molecular flexibility index (Phi) is 6.07. The third-order valence-electron chi connectivity index (χ3n) is 5.15. The van der Waals surface area contributed by atoms with Crippen LogP contribution in [0, 0.1) is 17.2 Å². The first-order chi connectivity index (χ1) is 14.0. The van der Waals surface area contributed by atoms with Gasteiger partial charge in [0.2, 0.25) is 0 Å². The predicted octanol–water partition coefficient (Wildman–Crippen LogP) is 2.50. The molecule has 2 aromatic rings. The fourth-order valence-electron chi connectivity index (χ4n) is 3.58. The Morgan fingerprint density at radius 2 is 1.83 bits per heavy atom. The third-order valence-corrected chi connectivity index (χ3v) is 5.15. The van der Waals surface area contributed by atoms with Gasteiger partial charge in [0, 0.05) is 30.7 Å². The number of hydrogen-bond donors (Lipinski definition) is 1. The van der Waals surface area contributed by atoms with Gasteiger partial charge in [-0.15, -0.1) is 0 Å². The average Bonchev–Trinajstić information content (AvgIpc) is 3.10. The Hall–Kier alpha value is -3.47. The molecule has 0 spiro atoms. The number of benzene rings is 1. The lowest BCUT2D eigenvalue weighted by Gasteiger charge is -2.32. The van der Waals surface area contributed by atoms with Gasteiger partial charge in [0.05, 0.1) is 30.9 Å². The van der Waals surface area contributed by atoms with Crippen molar-refractivity contribution in [3.05, 3.63) is 41.7 Å². The van der Waals surface area contributed by atoms with Crippen LogP contribution in [0.2, 0.25) is 0 Å². The molecule has 0 unspecified atom stereocenters. The van der Waals surface area contributed by atoms with Crippen molar-refractivity contribution in [1.82, 2.24) is 4.57 Å². The largest absolute Gasteiger partial charge is 0.466 e. The smallest absolute Gasteiger partial charge is 0.357 e. The molecular weight excluding hydrogens is 372 g/mol. The van der Waals surface area contributed by atoms with E-state index in [2.05, 4.69) is 4.90 Å². The second kappa shape index (κ2) is 8.69. The van der Waals surface area contributed by atoms with E-state index in [0.29, 0.717) is 12.3 Å². The summed E-state index contributed by atoms with van der Waals surface area (Å²) in [5.74, 6) is -0.759. The molecule has 2 heterocycles. The van der Waals surface area contributed by atoms with E-state index in [1.807, 2.05) is 37.3 Å². The minimum Gasteiger partial charge on any atom is -0.466 e. The SMILES string of the molecule is CCOC(=O)C1CCN(c2ccc(-n3cc(C#N)c(N)c3C(=O)OC)cc2)CC1. The monoisotopic (exact) mass is 396 g/mol. The van der Waals surface area contributed by atoms with Crippen LogP contribution in [0.15, 0.2) is 30.5 Å². The van der Waals surface area contributed by atoms with E-state index in [0.717, 1.165) is 31.6 Å². The van der Waals surface area contributed by atoms with Crippen molar-refractivity contribution in [2.75, 3.05) is 37.4 Å². The number of carbonyl (C=O) groups excluding carboxylic acids is 2. The van der Waals surface area contributed by atoms with Crippen LogP contribution in [0.25, 0.3) is 5.69 Å². The van der Waals surface area contributed by atoms with Crippen LogP contribution in [0.3, 0.4) is 0 Å². The van der Waals surface area contributed by atoms with E-state index in [1.165, 1.54) is 13.3 Å². The summed E-state index contributed by atoms with van der Waals surface area (Å²) in [6.45, 7) is 3.76. The van der Waals surface area contributed by atoms with Gasteiger partial charge in [-0.2, -0.15) is 5.26 Å². The second-order valence-corrected chi connectivity index (χ2v) is 6.81. The molecule has 3 rings (SSSR count). The summed E-state index contributed by atoms with van der Waals surface area (Å²) in [5.41, 5.74) is 8.12. The summed E-state index contributed by atoms with van der Waals surface area (Å²) < 4.78 is 11.5. The molecule has 2 N–H and O–H groups in total. The highest BCUT2D eigenvalue weighted by molar-refractivity contribution is 5.96. The number of esters is 2. The number of nitrogen functional groups attached to an aromatic ring is 1. The number of carbonyl (C=O) groups is 2. The third kappa shape index (κ3) is 4.04. The van der Waals surface area contributed by atoms with Gasteiger partial charge < -0.3 is 24.7 Å². The Labute approximate surface area is 169 Å². The number of ether oxygens (including phenoxy) is 2. The Balaban J connectivity index is 1.78. The maximum atomic E-state index is 12.1. The molecule has 1 saturated heterocycles. The van der Waals surface area contributed by atoms with Crippen molar-refractivity contribution < 1.29 is 19.1 Å². The van der Waals surface area contributed by atoms with E-state index >= 15 is 0 Å². The molecule has 0 saturated carbocycles.